The van der Waals surface area contributed by atoms with Crippen molar-refractivity contribution < 1.29 is 0 Å². The van der Waals surface area contributed by atoms with E-state index in [1.807, 2.05) is 0 Å². The quantitative estimate of drug-likeness (QED) is 0.728. The summed E-state index contributed by atoms with van der Waals surface area (Å²) in [5.41, 5.74) is 4.38. The van der Waals surface area contributed by atoms with Gasteiger partial charge in [0.15, 0.2) is 0 Å². The highest BCUT2D eigenvalue weighted by molar-refractivity contribution is 9.11. The zero-order chi connectivity index (χ0) is 14.8. The predicted octanol–water partition coefficient (Wildman–Crippen LogP) is 5.28. The second-order valence-electron chi connectivity index (χ2n) is 5.70. The Morgan fingerprint density at radius 3 is 2.62 bits per heavy atom. The number of aryl methyl sites for hydroxylation is 1. The van der Waals surface area contributed by atoms with E-state index in [2.05, 4.69) is 86.7 Å². The zero-order valence-corrected chi connectivity index (χ0v) is 15.2. The van der Waals surface area contributed by atoms with E-state index in [0.29, 0.717) is 12.0 Å². The molecule has 0 aliphatic heterocycles. The van der Waals surface area contributed by atoms with E-state index in [4.69, 9.17) is 0 Å². The molecule has 2 unspecified atom stereocenters. The highest BCUT2D eigenvalue weighted by atomic mass is 79.9. The molecule has 0 amide bonds. The summed E-state index contributed by atoms with van der Waals surface area (Å²) < 4.78 is 2.32. The molecule has 0 bridgehead atoms. The topological polar surface area (TPSA) is 12.0 Å². The molecule has 1 aliphatic rings. The van der Waals surface area contributed by atoms with E-state index in [1.54, 1.807) is 0 Å². The zero-order valence-electron chi connectivity index (χ0n) is 12.1. The summed E-state index contributed by atoms with van der Waals surface area (Å²) in [6.45, 7) is 0. The van der Waals surface area contributed by atoms with Crippen LogP contribution < -0.4 is 5.32 Å². The highest BCUT2D eigenvalue weighted by Gasteiger charge is 2.27. The minimum absolute atomic E-state index is 0.380. The fraction of sp³-hybridized carbons (Fsp3) is 0.333. The van der Waals surface area contributed by atoms with Crippen molar-refractivity contribution in [3.63, 3.8) is 0 Å². The van der Waals surface area contributed by atoms with Crippen molar-refractivity contribution in [3.05, 3.63) is 68.1 Å². The Labute approximate surface area is 143 Å². The third kappa shape index (κ3) is 3.25. The van der Waals surface area contributed by atoms with E-state index in [9.17, 15) is 0 Å². The molecule has 1 nitrogen and oxygen atoms in total. The van der Waals surface area contributed by atoms with Crippen molar-refractivity contribution in [2.24, 2.45) is 5.92 Å². The molecule has 0 saturated heterocycles. The van der Waals surface area contributed by atoms with Crippen LogP contribution in [0.3, 0.4) is 0 Å². The molecule has 0 saturated carbocycles. The van der Waals surface area contributed by atoms with Crippen LogP contribution in [0.5, 0.6) is 0 Å². The molecule has 0 aromatic heterocycles. The molecule has 1 aliphatic carbocycles. The SMILES string of the molecule is CNC(c1cc(Br)ccc1Br)C1CCc2ccccc2C1. The molecule has 0 fully saturated rings. The second kappa shape index (κ2) is 6.64. The number of hydrogen-bond acceptors (Lipinski definition) is 1. The van der Waals surface area contributed by atoms with Crippen molar-refractivity contribution in [3.8, 4) is 0 Å². The first kappa shape index (κ1) is 15.3. The van der Waals surface area contributed by atoms with E-state index >= 15 is 0 Å². The van der Waals surface area contributed by atoms with Gasteiger partial charge in [-0.2, -0.15) is 0 Å². The Hall–Kier alpha value is -0.640. The molecule has 2 aromatic carbocycles. The number of benzene rings is 2. The number of fused-ring (bicyclic) bond motifs is 1. The van der Waals surface area contributed by atoms with Crippen LogP contribution in [0.1, 0.15) is 29.2 Å². The van der Waals surface area contributed by atoms with Crippen LogP contribution in [-0.2, 0) is 12.8 Å². The van der Waals surface area contributed by atoms with Gasteiger partial charge in [0.2, 0.25) is 0 Å². The number of nitrogens with one attached hydrogen (secondary N) is 1. The highest BCUT2D eigenvalue weighted by Crippen LogP contribution is 2.37. The molecule has 3 heteroatoms. The first-order valence-corrected chi connectivity index (χ1v) is 8.96. The van der Waals surface area contributed by atoms with Crippen molar-refractivity contribution in [2.45, 2.75) is 25.3 Å². The third-order valence-corrected chi connectivity index (χ3v) is 5.68. The van der Waals surface area contributed by atoms with Crippen LogP contribution >= 0.6 is 31.9 Å². The normalized spacial score (nSPS) is 19.1. The first-order chi connectivity index (χ1) is 10.2. The van der Waals surface area contributed by atoms with Crippen molar-refractivity contribution in [1.29, 1.82) is 0 Å². The van der Waals surface area contributed by atoms with Gasteiger partial charge in [0, 0.05) is 15.0 Å². The Morgan fingerprint density at radius 2 is 1.86 bits per heavy atom. The molecule has 0 radical (unpaired) electrons. The minimum atomic E-state index is 0.380. The van der Waals surface area contributed by atoms with E-state index < -0.39 is 0 Å². The van der Waals surface area contributed by atoms with Crippen LogP contribution in [0.2, 0.25) is 0 Å². The second-order valence-corrected chi connectivity index (χ2v) is 7.47. The molecule has 21 heavy (non-hydrogen) atoms. The average Bonchev–Trinajstić information content (AvgIpc) is 2.51. The fourth-order valence-corrected chi connectivity index (χ4v) is 4.28. The van der Waals surface area contributed by atoms with Gasteiger partial charge in [0.1, 0.15) is 0 Å². The van der Waals surface area contributed by atoms with Gasteiger partial charge in [-0.1, -0.05) is 56.1 Å². The summed E-state index contributed by atoms with van der Waals surface area (Å²) >= 11 is 7.30. The molecular weight excluding hydrogens is 390 g/mol. The number of rotatable bonds is 3. The summed E-state index contributed by atoms with van der Waals surface area (Å²) in [4.78, 5) is 0. The van der Waals surface area contributed by atoms with Gasteiger partial charge in [-0.25, -0.2) is 0 Å². The molecule has 2 atom stereocenters. The molecule has 110 valence electrons. The third-order valence-electron chi connectivity index (χ3n) is 4.46. The largest absolute Gasteiger partial charge is 0.313 e. The lowest BCUT2D eigenvalue weighted by Crippen LogP contribution is -2.30. The van der Waals surface area contributed by atoms with E-state index in [-0.39, 0.29) is 0 Å². The summed E-state index contributed by atoms with van der Waals surface area (Å²) in [5, 5.41) is 3.54. The molecule has 1 N–H and O–H groups in total. The summed E-state index contributed by atoms with van der Waals surface area (Å²) in [7, 11) is 2.07. The monoisotopic (exact) mass is 407 g/mol. The van der Waals surface area contributed by atoms with Crippen LogP contribution in [0.4, 0.5) is 0 Å². The van der Waals surface area contributed by atoms with Crippen LogP contribution in [0.25, 0.3) is 0 Å². The lowest BCUT2D eigenvalue weighted by atomic mass is 9.78. The lowest BCUT2D eigenvalue weighted by molar-refractivity contribution is 0.341. The van der Waals surface area contributed by atoms with Gasteiger partial charge in [0.25, 0.3) is 0 Å². The van der Waals surface area contributed by atoms with E-state index in [0.717, 1.165) is 10.9 Å². The summed E-state index contributed by atoms with van der Waals surface area (Å²) in [6.07, 6.45) is 3.58. The Kier molecular flexibility index (Phi) is 4.82. The average molecular weight is 409 g/mol. The number of halogens is 2. The van der Waals surface area contributed by atoms with Crippen molar-refractivity contribution >= 4 is 31.9 Å². The Balaban J connectivity index is 1.90. The Bertz CT molecular complexity index is 639. The van der Waals surface area contributed by atoms with Gasteiger partial charge >= 0.3 is 0 Å². The first-order valence-electron chi connectivity index (χ1n) is 7.38. The maximum atomic E-state index is 3.71. The van der Waals surface area contributed by atoms with Gasteiger partial charge in [-0.15, -0.1) is 0 Å². The van der Waals surface area contributed by atoms with Gasteiger partial charge in [-0.05, 0) is 67.1 Å². The summed E-state index contributed by atoms with van der Waals surface area (Å²) in [6, 6.07) is 15.7. The maximum absolute atomic E-state index is 3.71. The van der Waals surface area contributed by atoms with E-state index in [1.165, 1.54) is 34.0 Å². The molecular formula is C18H19Br2N. The minimum Gasteiger partial charge on any atom is -0.313 e. The van der Waals surface area contributed by atoms with Gasteiger partial charge in [-0.3, -0.25) is 0 Å². The molecule has 3 rings (SSSR count). The number of hydrogen-bond donors (Lipinski definition) is 1. The van der Waals surface area contributed by atoms with Crippen LogP contribution in [0.15, 0.2) is 51.4 Å². The smallest absolute Gasteiger partial charge is 0.0361 e. The predicted molar refractivity (Wildman–Crippen MR) is 95.6 cm³/mol. The van der Waals surface area contributed by atoms with Crippen LogP contribution in [0, 0.1) is 5.92 Å². The Morgan fingerprint density at radius 1 is 1.10 bits per heavy atom. The molecule has 0 heterocycles. The maximum Gasteiger partial charge on any atom is 0.0361 e. The fourth-order valence-electron chi connectivity index (χ4n) is 3.41. The molecule has 0 spiro atoms. The summed E-state index contributed by atoms with van der Waals surface area (Å²) in [5.74, 6) is 0.635. The van der Waals surface area contributed by atoms with Gasteiger partial charge in [0.05, 0.1) is 0 Å². The molecule has 2 aromatic rings. The van der Waals surface area contributed by atoms with Gasteiger partial charge < -0.3 is 5.32 Å². The van der Waals surface area contributed by atoms with Crippen molar-refractivity contribution in [1.82, 2.24) is 5.32 Å². The lowest BCUT2D eigenvalue weighted by Gasteiger charge is -2.32. The van der Waals surface area contributed by atoms with Crippen LogP contribution in [-0.4, -0.2) is 7.05 Å². The standard InChI is InChI=1S/C18H19Br2N/c1-21-18(16-11-15(19)8-9-17(16)20)14-7-6-12-4-2-3-5-13(12)10-14/h2-5,8-9,11,14,18,21H,6-7,10H2,1H3. The van der Waals surface area contributed by atoms with Crippen molar-refractivity contribution in [2.75, 3.05) is 7.05 Å².